The van der Waals surface area contributed by atoms with Crippen LogP contribution in [0.3, 0.4) is 0 Å². The van der Waals surface area contributed by atoms with E-state index >= 15 is 0 Å². The number of carbonyl (C=O) groups excluding carboxylic acids is 2. The highest BCUT2D eigenvalue weighted by molar-refractivity contribution is 6.35. The van der Waals surface area contributed by atoms with E-state index in [0.717, 1.165) is 5.57 Å². The van der Waals surface area contributed by atoms with E-state index in [1.807, 2.05) is 6.92 Å². The molecule has 1 aromatic carbocycles. The number of ether oxygens (including phenoxy) is 2. The molecule has 2 rings (SSSR count). The van der Waals surface area contributed by atoms with E-state index in [4.69, 9.17) is 32.7 Å². The molecule has 26 heavy (non-hydrogen) atoms. The molecule has 0 aliphatic carbocycles. The van der Waals surface area contributed by atoms with Crippen LogP contribution >= 0.6 is 23.2 Å². The van der Waals surface area contributed by atoms with E-state index in [1.54, 1.807) is 37.1 Å². The molecular weight excluding hydrogens is 379 g/mol. The minimum absolute atomic E-state index is 0.0946. The van der Waals surface area contributed by atoms with Crippen LogP contribution in [0.2, 0.25) is 10.0 Å². The smallest absolute Gasteiger partial charge is 0.327 e. The SMILES string of the molecule is COCCN1C(=O)C(C)=C(C)[C@H]1N[C@H](C(=O)OC)c1ccc(Cl)cc1Cl. The molecule has 0 unspecified atom stereocenters. The third kappa shape index (κ3) is 4.20. The van der Waals surface area contributed by atoms with Gasteiger partial charge in [-0.25, -0.2) is 4.79 Å². The third-order valence-electron chi connectivity index (χ3n) is 4.47. The summed E-state index contributed by atoms with van der Waals surface area (Å²) >= 11 is 12.2. The first-order valence-electron chi connectivity index (χ1n) is 8.07. The molecule has 1 amide bonds. The molecule has 0 radical (unpaired) electrons. The fourth-order valence-corrected chi connectivity index (χ4v) is 3.39. The van der Waals surface area contributed by atoms with Gasteiger partial charge in [-0.1, -0.05) is 29.3 Å². The molecule has 0 fully saturated rings. The van der Waals surface area contributed by atoms with Gasteiger partial charge in [0.1, 0.15) is 12.2 Å². The number of nitrogens with zero attached hydrogens (tertiary/aromatic N) is 1. The van der Waals surface area contributed by atoms with Gasteiger partial charge in [-0.15, -0.1) is 0 Å². The summed E-state index contributed by atoms with van der Waals surface area (Å²) in [6, 6.07) is 4.03. The van der Waals surface area contributed by atoms with Gasteiger partial charge < -0.3 is 14.4 Å². The topological polar surface area (TPSA) is 67.9 Å². The zero-order valence-corrected chi connectivity index (χ0v) is 16.6. The lowest BCUT2D eigenvalue weighted by Crippen LogP contribution is -2.49. The molecule has 6 nitrogen and oxygen atoms in total. The Morgan fingerprint density at radius 3 is 2.58 bits per heavy atom. The van der Waals surface area contributed by atoms with Crippen molar-refractivity contribution in [3.05, 3.63) is 45.0 Å². The number of hydrogen-bond acceptors (Lipinski definition) is 5. The maximum Gasteiger partial charge on any atom is 0.327 e. The zero-order chi connectivity index (χ0) is 19.4. The molecule has 1 N–H and O–H groups in total. The van der Waals surface area contributed by atoms with Crippen molar-refractivity contribution < 1.29 is 19.1 Å². The molecule has 0 saturated carbocycles. The van der Waals surface area contributed by atoms with Gasteiger partial charge in [0.15, 0.2) is 0 Å². The number of esters is 1. The predicted octanol–water partition coefficient (Wildman–Crippen LogP) is 2.95. The molecule has 1 aromatic rings. The van der Waals surface area contributed by atoms with E-state index in [9.17, 15) is 9.59 Å². The van der Waals surface area contributed by atoms with E-state index in [1.165, 1.54) is 7.11 Å². The monoisotopic (exact) mass is 400 g/mol. The Bertz CT molecular complexity index is 736. The van der Waals surface area contributed by atoms with Crippen LogP contribution in [-0.4, -0.2) is 50.3 Å². The van der Waals surface area contributed by atoms with E-state index in [0.29, 0.717) is 34.3 Å². The Morgan fingerprint density at radius 2 is 2.00 bits per heavy atom. The van der Waals surface area contributed by atoms with Crippen molar-refractivity contribution in [3.63, 3.8) is 0 Å². The maximum atomic E-state index is 12.5. The van der Waals surface area contributed by atoms with Crippen LogP contribution < -0.4 is 5.32 Å². The standard InChI is InChI=1S/C18H22Cl2N2O4/c1-10-11(2)17(23)22(7-8-25-3)16(10)21-15(18(24)26-4)13-6-5-12(19)9-14(13)20/h5-6,9,15-16,21H,7-8H2,1-4H3/t15-,16-/m0/s1. The van der Waals surface area contributed by atoms with E-state index < -0.39 is 18.2 Å². The Balaban J connectivity index is 2.37. The summed E-state index contributed by atoms with van der Waals surface area (Å²) in [5, 5.41) is 4.01. The molecule has 2 atom stereocenters. The molecule has 0 saturated heterocycles. The van der Waals surface area contributed by atoms with Crippen LogP contribution in [0.5, 0.6) is 0 Å². The van der Waals surface area contributed by atoms with Crippen molar-refractivity contribution in [2.45, 2.75) is 26.1 Å². The number of nitrogens with one attached hydrogen (secondary N) is 1. The first kappa shape index (κ1) is 20.7. The van der Waals surface area contributed by atoms with Gasteiger partial charge in [-0.05, 0) is 37.1 Å². The maximum absolute atomic E-state index is 12.5. The van der Waals surface area contributed by atoms with Gasteiger partial charge in [-0.3, -0.25) is 10.1 Å². The van der Waals surface area contributed by atoms with Gasteiger partial charge in [-0.2, -0.15) is 0 Å². The summed E-state index contributed by atoms with van der Waals surface area (Å²) < 4.78 is 10.0. The van der Waals surface area contributed by atoms with Crippen LogP contribution in [0.15, 0.2) is 29.3 Å². The second-order valence-electron chi connectivity index (χ2n) is 5.99. The van der Waals surface area contributed by atoms with Crippen LogP contribution in [0.25, 0.3) is 0 Å². The first-order chi connectivity index (χ1) is 12.3. The zero-order valence-electron chi connectivity index (χ0n) is 15.1. The summed E-state index contributed by atoms with van der Waals surface area (Å²) in [5.74, 6) is -0.603. The molecule has 0 aromatic heterocycles. The molecular formula is C18H22Cl2N2O4. The lowest BCUT2D eigenvalue weighted by Gasteiger charge is -2.30. The number of halogens is 2. The van der Waals surface area contributed by atoms with Crippen molar-refractivity contribution in [1.29, 1.82) is 0 Å². The minimum atomic E-state index is -0.853. The second kappa shape index (κ2) is 8.86. The number of rotatable bonds is 7. The Hall–Kier alpha value is -1.60. The number of carbonyl (C=O) groups is 2. The van der Waals surface area contributed by atoms with Crippen LogP contribution in [0.1, 0.15) is 25.5 Å². The summed E-state index contributed by atoms with van der Waals surface area (Å²) in [7, 11) is 2.87. The number of methoxy groups -OCH3 is 2. The van der Waals surface area contributed by atoms with E-state index in [-0.39, 0.29) is 5.91 Å². The lowest BCUT2D eigenvalue weighted by atomic mass is 10.1. The third-order valence-corrected chi connectivity index (χ3v) is 5.03. The van der Waals surface area contributed by atoms with Crippen molar-refractivity contribution in [3.8, 4) is 0 Å². The summed E-state index contributed by atoms with van der Waals surface area (Å²) in [6.45, 7) is 4.40. The molecule has 1 heterocycles. The quantitative estimate of drug-likeness (QED) is 0.712. The number of benzene rings is 1. The highest BCUT2D eigenvalue weighted by Gasteiger charge is 2.38. The summed E-state index contributed by atoms with van der Waals surface area (Å²) in [5.41, 5.74) is 2.01. The first-order valence-corrected chi connectivity index (χ1v) is 8.83. The average Bonchev–Trinajstić information content (AvgIpc) is 2.81. The Labute approximate surface area is 163 Å². The average molecular weight is 401 g/mol. The van der Waals surface area contributed by atoms with Gasteiger partial charge in [0.25, 0.3) is 5.91 Å². The minimum Gasteiger partial charge on any atom is -0.468 e. The van der Waals surface area contributed by atoms with Crippen LogP contribution in [-0.2, 0) is 19.1 Å². The fourth-order valence-electron chi connectivity index (χ4n) is 2.87. The highest BCUT2D eigenvalue weighted by Crippen LogP contribution is 2.30. The summed E-state index contributed by atoms with van der Waals surface area (Å²) in [4.78, 5) is 26.6. The fraction of sp³-hybridized carbons (Fsp3) is 0.444. The molecule has 1 aliphatic heterocycles. The van der Waals surface area contributed by atoms with Gasteiger partial charge in [0.2, 0.25) is 0 Å². The highest BCUT2D eigenvalue weighted by atomic mass is 35.5. The van der Waals surface area contributed by atoms with Crippen LogP contribution in [0.4, 0.5) is 0 Å². The predicted molar refractivity (Wildman–Crippen MR) is 100 cm³/mol. The van der Waals surface area contributed by atoms with Crippen LogP contribution in [0, 0.1) is 0 Å². The molecule has 1 aliphatic rings. The Kier molecular flexibility index (Phi) is 7.06. The van der Waals surface area contributed by atoms with Crippen molar-refractivity contribution in [2.24, 2.45) is 0 Å². The Morgan fingerprint density at radius 1 is 1.31 bits per heavy atom. The molecule has 0 bridgehead atoms. The number of hydrogen-bond donors (Lipinski definition) is 1. The van der Waals surface area contributed by atoms with Gasteiger partial charge in [0.05, 0.1) is 13.7 Å². The van der Waals surface area contributed by atoms with Crippen molar-refractivity contribution in [1.82, 2.24) is 10.2 Å². The normalized spacial score (nSPS) is 18.5. The van der Waals surface area contributed by atoms with Crippen molar-refractivity contribution in [2.75, 3.05) is 27.4 Å². The van der Waals surface area contributed by atoms with E-state index in [2.05, 4.69) is 5.32 Å². The number of amides is 1. The van der Waals surface area contributed by atoms with Gasteiger partial charge >= 0.3 is 5.97 Å². The second-order valence-corrected chi connectivity index (χ2v) is 6.83. The largest absolute Gasteiger partial charge is 0.468 e. The summed E-state index contributed by atoms with van der Waals surface area (Å²) in [6.07, 6.45) is -0.464. The molecule has 0 spiro atoms. The van der Waals surface area contributed by atoms with Gasteiger partial charge in [0, 0.05) is 29.3 Å². The lowest BCUT2D eigenvalue weighted by molar-refractivity contribution is -0.144. The molecule has 142 valence electrons. The van der Waals surface area contributed by atoms with Crippen molar-refractivity contribution >= 4 is 35.1 Å². The molecule has 8 heteroatoms.